The summed E-state index contributed by atoms with van der Waals surface area (Å²) in [6.07, 6.45) is 1.31. The van der Waals surface area contributed by atoms with E-state index >= 15 is 0 Å². The predicted molar refractivity (Wildman–Crippen MR) is 130 cm³/mol. The molecule has 0 bridgehead atoms. The number of nitrogens with zero attached hydrogens (tertiary/aromatic N) is 1. The highest BCUT2D eigenvalue weighted by atomic mass is 16.7. The van der Waals surface area contributed by atoms with Crippen LogP contribution in [0.2, 0.25) is 0 Å². The zero-order chi connectivity index (χ0) is 27.4. The Hall–Kier alpha value is -4.35. The first kappa shape index (κ1) is 27.2. The first-order chi connectivity index (χ1) is 17.4. The predicted octanol–water partition coefficient (Wildman–Crippen LogP) is 2.31. The Labute approximate surface area is 213 Å². The van der Waals surface area contributed by atoms with Crippen molar-refractivity contribution in [2.24, 2.45) is 11.1 Å². The molecule has 2 aromatic carbocycles. The van der Waals surface area contributed by atoms with Crippen molar-refractivity contribution in [2.45, 2.75) is 33.1 Å². The molecule has 1 aliphatic heterocycles. The lowest BCUT2D eigenvalue weighted by Crippen LogP contribution is -2.62. The number of carbonyl (C=O) groups excluding carboxylic acids is 5. The molecule has 37 heavy (non-hydrogen) atoms. The van der Waals surface area contributed by atoms with Crippen LogP contribution < -0.4 is 11.1 Å². The van der Waals surface area contributed by atoms with Gasteiger partial charge in [-0.3, -0.25) is 20.6 Å². The van der Waals surface area contributed by atoms with Gasteiger partial charge in [-0.15, -0.1) is 0 Å². The van der Waals surface area contributed by atoms with Crippen molar-refractivity contribution in [2.75, 3.05) is 7.11 Å². The minimum absolute atomic E-state index is 0.0710. The fourth-order valence-electron chi connectivity index (χ4n) is 3.27. The molecule has 3 amide bonds. The lowest BCUT2D eigenvalue weighted by atomic mass is 9.80. The highest BCUT2D eigenvalue weighted by Crippen LogP contribution is 2.32. The maximum Gasteiger partial charge on any atom is 0.404 e. The van der Waals surface area contributed by atoms with E-state index in [4.69, 9.17) is 15.3 Å². The molecule has 1 aliphatic rings. The topological polar surface area (TPSA) is 154 Å². The van der Waals surface area contributed by atoms with Crippen molar-refractivity contribution in [1.29, 1.82) is 0 Å². The number of hydrogen-bond acceptors (Lipinski definition) is 9. The Bertz CT molecular complexity index is 1250. The molecule has 1 atom stereocenters. The first-order valence-electron chi connectivity index (χ1n) is 11.2. The highest BCUT2D eigenvalue weighted by molar-refractivity contribution is 6.37. The summed E-state index contributed by atoms with van der Waals surface area (Å²) in [5.41, 5.74) is 4.33. The van der Waals surface area contributed by atoms with E-state index in [1.165, 1.54) is 37.5 Å². The number of nitrogens with one attached hydrogen (secondary N) is 1. The third-order valence-electron chi connectivity index (χ3n) is 5.60. The van der Waals surface area contributed by atoms with E-state index in [1.807, 2.05) is 6.07 Å². The Morgan fingerprint density at radius 3 is 2.19 bits per heavy atom. The summed E-state index contributed by atoms with van der Waals surface area (Å²) in [4.78, 5) is 67.2. The molecule has 0 radical (unpaired) electrons. The Kier molecular flexibility index (Phi) is 7.90. The van der Waals surface area contributed by atoms with Crippen LogP contribution in [0.25, 0.3) is 6.08 Å². The Balaban J connectivity index is 1.74. The van der Waals surface area contributed by atoms with E-state index in [1.54, 1.807) is 45.0 Å². The SMILES string of the molecule is COC(=O)c1ccc(/C=C2\NC(=O)N(OC(=O)C(=O)C(N)(OCc3ccccc3)C(C)(C)C)C2=O)cc1. The molecule has 1 heterocycles. The van der Waals surface area contributed by atoms with Crippen molar-refractivity contribution in [3.63, 3.8) is 0 Å². The van der Waals surface area contributed by atoms with Crippen LogP contribution in [0, 0.1) is 5.41 Å². The van der Waals surface area contributed by atoms with Crippen LogP contribution in [-0.2, 0) is 35.3 Å². The van der Waals surface area contributed by atoms with Gasteiger partial charge in [0, 0.05) is 5.41 Å². The summed E-state index contributed by atoms with van der Waals surface area (Å²) in [5.74, 6) is -4.36. The summed E-state index contributed by atoms with van der Waals surface area (Å²) >= 11 is 0. The van der Waals surface area contributed by atoms with Crippen molar-refractivity contribution in [1.82, 2.24) is 10.4 Å². The second kappa shape index (κ2) is 10.7. The molecule has 2 aromatic rings. The molecule has 11 heteroatoms. The van der Waals surface area contributed by atoms with Crippen molar-refractivity contribution in [3.05, 3.63) is 77.0 Å². The number of nitrogens with two attached hydrogens (primary N) is 1. The second-order valence-electron chi connectivity index (χ2n) is 9.17. The number of hydrogen-bond donors (Lipinski definition) is 2. The van der Waals surface area contributed by atoms with Crippen LogP contribution in [0.3, 0.4) is 0 Å². The van der Waals surface area contributed by atoms with Gasteiger partial charge in [0.1, 0.15) is 5.70 Å². The standard InChI is InChI=1S/C26H27N3O8/c1-25(2,3)26(27,36-15-17-8-6-5-7-9-17)20(30)23(33)37-29-21(31)19(28-24(29)34)14-16-10-12-18(13-11-16)22(32)35-4/h5-14H,15,27H2,1-4H3,(H,28,34)/b19-14-. The molecule has 0 saturated carbocycles. The third kappa shape index (κ3) is 5.90. The molecule has 3 N–H and O–H groups in total. The van der Waals surface area contributed by atoms with E-state index in [0.717, 1.165) is 0 Å². The summed E-state index contributed by atoms with van der Waals surface area (Å²) < 4.78 is 10.3. The van der Waals surface area contributed by atoms with Gasteiger partial charge >= 0.3 is 23.9 Å². The largest absolute Gasteiger partial charge is 0.465 e. The molecule has 1 fully saturated rings. The summed E-state index contributed by atoms with van der Waals surface area (Å²) in [7, 11) is 1.25. The Morgan fingerprint density at radius 1 is 1.00 bits per heavy atom. The number of carbonyl (C=O) groups is 5. The molecule has 3 rings (SSSR count). The molecule has 0 aromatic heterocycles. The molecular formula is C26H27N3O8. The number of hydroxylamine groups is 2. The number of ketones is 1. The molecular weight excluding hydrogens is 482 g/mol. The quantitative estimate of drug-likeness (QED) is 0.179. The van der Waals surface area contributed by atoms with Crippen molar-refractivity contribution < 1.29 is 38.3 Å². The number of rotatable bonds is 8. The van der Waals surface area contributed by atoms with Gasteiger partial charge in [-0.2, -0.15) is 0 Å². The number of esters is 1. The van der Waals surface area contributed by atoms with Gasteiger partial charge < -0.3 is 14.3 Å². The van der Waals surface area contributed by atoms with Gasteiger partial charge in [0.05, 0.1) is 19.3 Å². The lowest BCUT2D eigenvalue weighted by molar-refractivity contribution is -0.195. The monoisotopic (exact) mass is 509 g/mol. The Morgan fingerprint density at radius 2 is 1.62 bits per heavy atom. The number of imide groups is 1. The fraction of sp³-hybridized carbons (Fsp3) is 0.269. The van der Waals surface area contributed by atoms with Gasteiger partial charge in [0.25, 0.3) is 5.78 Å². The first-order valence-corrected chi connectivity index (χ1v) is 11.2. The number of benzene rings is 2. The smallest absolute Gasteiger partial charge is 0.404 e. The highest BCUT2D eigenvalue weighted by Gasteiger charge is 2.51. The minimum Gasteiger partial charge on any atom is -0.465 e. The maximum absolute atomic E-state index is 13.1. The van der Waals surface area contributed by atoms with Gasteiger partial charge in [-0.05, 0) is 29.3 Å². The van der Waals surface area contributed by atoms with E-state index < -0.39 is 40.8 Å². The zero-order valence-corrected chi connectivity index (χ0v) is 20.8. The van der Waals surface area contributed by atoms with Crippen LogP contribution >= 0.6 is 0 Å². The van der Waals surface area contributed by atoms with Crippen LogP contribution in [0.1, 0.15) is 42.3 Å². The number of ether oxygens (including phenoxy) is 2. The number of urea groups is 1. The summed E-state index contributed by atoms with van der Waals surface area (Å²) in [6, 6.07) is 13.8. The van der Waals surface area contributed by atoms with Gasteiger partial charge in [-0.25, -0.2) is 14.4 Å². The van der Waals surface area contributed by atoms with Gasteiger partial charge in [0.2, 0.25) is 0 Å². The average molecular weight is 510 g/mol. The average Bonchev–Trinajstić information content (AvgIpc) is 3.13. The van der Waals surface area contributed by atoms with Crippen molar-refractivity contribution in [3.8, 4) is 0 Å². The van der Waals surface area contributed by atoms with Crippen molar-refractivity contribution >= 4 is 35.7 Å². The molecule has 1 saturated heterocycles. The van der Waals surface area contributed by atoms with Gasteiger partial charge in [-0.1, -0.05) is 68.3 Å². The van der Waals surface area contributed by atoms with Crippen LogP contribution in [-0.4, -0.2) is 47.6 Å². The van der Waals surface area contributed by atoms with E-state index in [-0.39, 0.29) is 17.4 Å². The second-order valence-corrected chi connectivity index (χ2v) is 9.17. The summed E-state index contributed by atoms with van der Waals surface area (Å²) in [5, 5.41) is 2.40. The number of amides is 3. The van der Waals surface area contributed by atoms with E-state index in [2.05, 4.69) is 10.1 Å². The normalized spacial score (nSPS) is 16.2. The van der Waals surface area contributed by atoms with Crippen LogP contribution in [0.15, 0.2) is 60.3 Å². The zero-order valence-electron chi connectivity index (χ0n) is 20.8. The van der Waals surface area contributed by atoms with Crippen LogP contribution in [0.4, 0.5) is 4.79 Å². The lowest BCUT2D eigenvalue weighted by Gasteiger charge is -2.38. The molecule has 1 unspecified atom stereocenters. The number of Topliss-reactive ketones (excluding diaryl/α,β-unsaturated/α-hetero) is 1. The number of methoxy groups -OCH3 is 1. The third-order valence-corrected chi connectivity index (χ3v) is 5.60. The fourth-order valence-corrected chi connectivity index (χ4v) is 3.27. The molecule has 0 spiro atoms. The van der Waals surface area contributed by atoms with E-state index in [0.29, 0.717) is 16.7 Å². The van der Waals surface area contributed by atoms with E-state index in [9.17, 15) is 24.0 Å². The van der Waals surface area contributed by atoms with Crippen LogP contribution in [0.5, 0.6) is 0 Å². The molecule has 194 valence electrons. The maximum atomic E-state index is 13.1. The molecule has 0 aliphatic carbocycles. The van der Waals surface area contributed by atoms with Gasteiger partial charge in [0.15, 0.2) is 5.72 Å². The minimum atomic E-state index is -2.13. The molecule has 11 nitrogen and oxygen atoms in total. The summed E-state index contributed by atoms with van der Waals surface area (Å²) in [6.45, 7) is 4.73.